The van der Waals surface area contributed by atoms with Crippen molar-refractivity contribution in [3.05, 3.63) is 29.3 Å². The second-order valence-corrected chi connectivity index (χ2v) is 4.62. The fraction of sp³-hybridized carbons (Fsp3) is 0.462. The summed E-state index contributed by atoms with van der Waals surface area (Å²) in [6.45, 7) is 0. The second kappa shape index (κ2) is 3.09. The van der Waals surface area contributed by atoms with E-state index in [0.29, 0.717) is 0 Å². The second-order valence-electron chi connectivity index (χ2n) is 4.62. The summed E-state index contributed by atoms with van der Waals surface area (Å²) in [6.07, 6.45) is 6.75. The SMILES string of the molecule is O=Cc1ccc2c(c1)CCC1(CCC1)O2. The molecule has 0 amide bonds. The molecule has 0 radical (unpaired) electrons. The van der Waals surface area contributed by atoms with Crippen LogP contribution >= 0.6 is 0 Å². The Hall–Kier alpha value is -1.31. The third kappa shape index (κ3) is 1.36. The highest BCUT2D eigenvalue weighted by atomic mass is 16.5. The van der Waals surface area contributed by atoms with Crippen molar-refractivity contribution in [2.75, 3.05) is 0 Å². The van der Waals surface area contributed by atoms with Crippen molar-refractivity contribution in [1.29, 1.82) is 0 Å². The van der Waals surface area contributed by atoms with Crippen molar-refractivity contribution in [2.24, 2.45) is 0 Å². The van der Waals surface area contributed by atoms with Crippen LogP contribution in [-0.2, 0) is 6.42 Å². The Morgan fingerprint density at radius 3 is 2.80 bits per heavy atom. The van der Waals surface area contributed by atoms with Gasteiger partial charge in [-0.15, -0.1) is 0 Å². The number of ether oxygens (including phenoxy) is 1. The molecule has 3 rings (SSSR count). The van der Waals surface area contributed by atoms with E-state index in [1.165, 1.54) is 24.8 Å². The van der Waals surface area contributed by atoms with E-state index < -0.39 is 0 Å². The molecule has 1 saturated carbocycles. The topological polar surface area (TPSA) is 26.3 Å². The molecule has 0 aromatic heterocycles. The largest absolute Gasteiger partial charge is 0.487 e. The van der Waals surface area contributed by atoms with Crippen LogP contribution in [0.25, 0.3) is 0 Å². The summed E-state index contributed by atoms with van der Waals surface area (Å²) in [5.41, 5.74) is 2.09. The summed E-state index contributed by atoms with van der Waals surface area (Å²) in [6, 6.07) is 5.73. The number of aryl methyl sites for hydroxylation is 1. The van der Waals surface area contributed by atoms with E-state index in [9.17, 15) is 4.79 Å². The number of carbonyl (C=O) groups excluding carboxylic acids is 1. The Labute approximate surface area is 89.2 Å². The third-order valence-corrected chi connectivity index (χ3v) is 3.66. The average Bonchev–Trinajstić information content (AvgIpc) is 2.25. The van der Waals surface area contributed by atoms with E-state index >= 15 is 0 Å². The zero-order valence-corrected chi connectivity index (χ0v) is 8.66. The lowest BCUT2D eigenvalue weighted by atomic mass is 9.74. The van der Waals surface area contributed by atoms with Crippen molar-refractivity contribution in [3.63, 3.8) is 0 Å². The fourth-order valence-corrected chi connectivity index (χ4v) is 2.54. The number of aldehydes is 1. The van der Waals surface area contributed by atoms with Crippen LogP contribution in [0.15, 0.2) is 18.2 Å². The highest BCUT2D eigenvalue weighted by Gasteiger charge is 2.41. The Morgan fingerprint density at radius 2 is 2.13 bits per heavy atom. The molecule has 78 valence electrons. The number of carbonyl (C=O) groups is 1. The van der Waals surface area contributed by atoms with Gasteiger partial charge in [0, 0.05) is 5.56 Å². The maximum atomic E-state index is 10.6. The predicted molar refractivity (Wildman–Crippen MR) is 57.4 cm³/mol. The minimum Gasteiger partial charge on any atom is -0.487 e. The first-order chi connectivity index (χ1) is 7.31. The van der Waals surface area contributed by atoms with Gasteiger partial charge < -0.3 is 4.74 Å². The molecule has 15 heavy (non-hydrogen) atoms. The van der Waals surface area contributed by atoms with E-state index in [1.807, 2.05) is 18.2 Å². The van der Waals surface area contributed by atoms with Crippen LogP contribution in [0.2, 0.25) is 0 Å². The summed E-state index contributed by atoms with van der Waals surface area (Å²) < 4.78 is 6.04. The summed E-state index contributed by atoms with van der Waals surface area (Å²) in [7, 11) is 0. The van der Waals surface area contributed by atoms with Gasteiger partial charge >= 0.3 is 0 Å². The summed E-state index contributed by atoms with van der Waals surface area (Å²) >= 11 is 0. The van der Waals surface area contributed by atoms with Crippen LogP contribution in [0.3, 0.4) is 0 Å². The summed E-state index contributed by atoms with van der Waals surface area (Å²) in [4.78, 5) is 10.6. The molecule has 2 heteroatoms. The van der Waals surface area contributed by atoms with E-state index in [1.54, 1.807) is 0 Å². The Bertz CT molecular complexity index is 405. The molecular formula is C13H14O2. The van der Waals surface area contributed by atoms with Crippen molar-refractivity contribution in [2.45, 2.75) is 37.7 Å². The first-order valence-electron chi connectivity index (χ1n) is 5.58. The minimum absolute atomic E-state index is 0.149. The van der Waals surface area contributed by atoms with Gasteiger partial charge in [-0.25, -0.2) is 0 Å². The summed E-state index contributed by atoms with van der Waals surface area (Å²) in [5, 5.41) is 0. The molecule has 1 fully saturated rings. The Balaban J connectivity index is 1.93. The highest BCUT2D eigenvalue weighted by molar-refractivity contribution is 5.75. The first-order valence-corrected chi connectivity index (χ1v) is 5.58. The minimum atomic E-state index is 0.149. The van der Waals surface area contributed by atoms with Gasteiger partial charge in [0.05, 0.1) is 0 Å². The maximum Gasteiger partial charge on any atom is 0.150 e. The van der Waals surface area contributed by atoms with Crippen LogP contribution in [0.4, 0.5) is 0 Å². The number of fused-ring (bicyclic) bond motifs is 1. The third-order valence-electron chi connectivity index (χ3n) is 3.66. The normalized spacial score (nSPS) is 21.3. The quantitative estimate of drug-likeness (QED) is 0.654. The smallest absolute Gasteiger partial charge is 0.150 e. The Morgan fingerprint density at radius 1 is 1.27 bits per heavy atom. The zero-order valence-electron chi connectivity index (χ0n) is 8.66. The molecule has 0 saturated heterocycles. The molecule has 1 aromatic carbocycles. The van der Waals surface area contributed by atoms with Gasteiger partial charge in [-0.2, -0.15) is 0 Å². The van der Waals surface area contributed by atoms with Crippen molar-refractivity contribution >= 4 is 6.29 Å². The fourth-order valence-electron chi connectivity index (χ4n) is 2.54. The molecule has 0 unspecified atom stereocenters. The molecular weight excluding hydrogens is 188 g/mol. The van der Waals surface area contributed by atoms with Gasteiger partial charge in [0.1, 0.15) is 17.6 Å². The lowest BCUT2D eigenvalue weighted by molar-refractivity contribution is -0.0249. The monoisotopic (exact) mass is 202 g/mol. The molecule has 1 aliphatic carbocycles. The summed E-state index contributed by atoms with van der Waals surface area (Å²) in [5.74, 6) is 0.992. The molecule has 1 aromatic rings. The first kappa shape index (κ1) is 8.96. The number of benzene rings is 1. The van der Waals surface area contributed by atoms with Crippen molar-refractivity contribution in [3.8, 4) is 5.75 Å². The highest BCUT2D eigenvalue weighted by Crippen LogP contribution is 2.44. The standard InChI is InChI=1S/C13H14O2/c14-9-10-2-3-12-11(8-10)4-7-13(15-12)5-1-6-13/h2-3,8-9H,1,4-7H2. The molecule has 1 spiro atoms. The van der Waals surface area contributed by atoms with E-state index in [4.69, 9.17) is 4.74 Å². The molecule has 2 nitrogen and oxygen atoms in total. The van der Waals surface area contributed by atoms with Gasteiger partial charge in [-0.3, -0.25) is 4.79 Å². The molecule has 0 N–H and O–H groups in total. The van der Waals surface area contributed by atoms with Gasteiger partial charge in [0.15, 0.2) is 0 Å². The van der Waals surface area contributed by atoms with E-state index in [0.717, 1.165) is 30.4 Å². The van der Waals surface area contributed by atoms with Gasteiger partial charge in [0.2, 0.25) is 0 Å². The van der Waals surface area contributed by atoms with E-state index in [2.05, 4.69) is 0 Å². The Kier molecular flexibility index (Phi) is 1.84. The van der Waals surface area contributed by atoms with Gasteiger partial charge in [-0.1, -0.05) is 0 Å². The zero-order chi connectivity index (χ0) is 10.3. The van der Waals surface area contributed by atoms with Gasteiger partial charge in [0.25, 0.3) is 0 Å². The van der Waals surface area contributed by atoms with Crippen molar-refractivity contribution in [1.82, 2.24) is 0 Å². The molecule has 0 atom stereocenters. The molecule has 2 aliphatic rings. The van der Waals surface area contributed by atoms with Crippen LogP contribution in [0.1, 0.15) is 41.6 Å². The van der Waals surface area contributed by atoms with Crippen LogP contribution < -0.4 is 4.74 Å². The van der Waals surface area contributed by atoms with Crippen LogP contribution in [-0.4, -0.2) is 11.9 Å². The maximum absolute atomic E-state index is 10.6. The molecule has 1 aliphatic heterocycles. The van der Waals surface area contributed by atoms with E-state index in [-0.39, 0.29) is 5.60 Å². The average molecular weight is 202 g/mol. The predicted octanol–water partition coefficient (Wildman–Crippen LogP) is 2.75. The molecule has 0 bridgehead atoms. The lowest BCUT2D eigenvalue weighted by Crippen LogP contribution is -2.45. The number of rotatable bonds is 1. The number of hydrogen-bond donors (Lipinski definition) is 0. The van der Waals surface area contributed by atoms with Crippen molar-refractivity contribution < 1.29 is 9.53 Å². The lowest BCUT2D eigenvalue weighted by Gasteiger charge is -2.45. The van der Waals surface area contributed by atoms with Crippen LogP contribution in [0.5, 0.6) is 5.75 Å². The van der Waals surface area contributed by atoms with Gasteiger partial charge in [-0.05, 0) is 55.9 Å². The van der Waals surface area contributed by atoms with Crippen LogP contribution in [0, 0.1) is 0 Å². The number of hydrogen-bond acceptors (Lipinski definition) is 2. The molecule has 1 heterocycles.